The lowest BCUT2D eigenvalue weighted by atomic mass is 10.0. The highest BCUT2D eigenvalue weighted by atomic mass is 35.5. The third-order valence-electron chi connectivity index (χ3n) is 4.35. The van der Waals surface area contributed by atoms with Crippen LogP contribution in [-0.4, -0.2) is 55.7 Å². The largest absolute Gasteiger partial charge is 0.491 e. The van der Waals surface area contributed by atoms with Gasteiger partial charge in [-0.1, -0.05) is 23.2 Å². The molecule has 0 bridgehead atoms. The van der Waals surface area contributed by atoms with Gasteiger partial charge in [0.25, 0.3) is 0 Å². The van der Waals surface area contributed by atoms with Crippen molar-refractivity contribution in [3.05, 3.63) is 27.7 Å². The van der Waals surface area contributed by atoms with Gasteiger partial charge in [0.2, 0.25) is 0 Å². The number of halogens is 2. The van der Waals surface area contributed by atoms with E-state index in [0.29, 0.717) is 35.0 Å². The van der Waals surface area contributed by atoms with Crippen LogP contribution in [0.15, 0.2) is 12.1 Å². The zero-order chi connectivity index (χ0) is 16.3. The average Bonchev–Trinajstić information content (AvgIpc) is 2.47. The van der Waals surface area contributed by atoms with Crippen LogP contribution < -0.4 is 10.5 Å². The van der Waals surface area contributed by atoms with Crippen LogP contribution in [0.4, 0.5) is 0 Å². The minimum absolute atomic E-state index is 0.127. The molecule has 2 N–H and O–H groups in total. The molecular formula is C16H25Cl2N3O. The van der Waals surface area contributed by atoms with Gasteiger partial charge in [0.1, 0.15) is 0 Å². The second kappa shape index (κ2) is 7.84. The second-order valence-electron chi connectivity index (χ2n) is 5.82. The number of rotatable bonds is 5. The summed E-state index contributed by atoms with van der Waals surface area (Å²) in [5.41, 5.74) is 7.09. The Kier molecular flexibility index (Phi) is 6.36. The van der Waals surface area contributed by atoms with Gasteiger partial charge < -0.3 is 15.4 Å². The van der Waals surface area contributed by atoms with Gasteiger partial charge in [-0.05, 0) is 38.6 Å². The third kappa shape index (κ3) is 3.87. The highest BCUT2D eigenvalue weighted by Gasteiger charge is 2.27. The Bertz CT molecular complexity index is 489. The minimum atomic E-state index is 0.127. The summed E-state index contributed by atoms with van der Waals surface area (Å²) in [5.74, 6) is 0.553. The monoisotopic (exact) mass is 345 g/mol. The fraction of sp³-hybridized carbons (Fsp3) is 0.625. The molecule has 22 heavy (non-hydrogen) atoms. The number of benzene rings is 1. The maximum Gasteiger partial charge on any atom is 0.156 e. The smallest absolute Gasteiger partial charge is 0.156 e. The van der Waals surface area contributed by atoms with Crippen LogP contribution in [-0.2, 0) is 0 Å². The molecule has 1 aromatic rings. The van der Waals surface area contributed by atoms with Crippen molar-refractivity contribution >= 4 is 23.2 Å². The summed E-state index contributed by atoms with van der Waals surface area (Å²) in [6, 6.07) is 4.50. The van der Waals surface area contributed by atoms with Crippen molar-refractivity contribution in [3.63, 3.8) is 0 Å². The summed E-state index contributed by atoms with van der Waals surface area (Å²) in [6.07, 6.45) is 0. The zero-order valence-corrected chi connectivity index (χ0v) is 15.0. The van der Waals surface area contributed by atoms with Crippen molar-refractivity contribution in [2.24, 2.45) is 5.73 Å². The number of piperazine rings is 1. The molecule has 2 rings (SSSR count). The van der Waals surface area contributed by atoms with E-state index in [1.165, 1.54) is 0 Å². The molecule has 2 unspecified atom stereocenters. The van der Waals surface area contributed by atoms with Crippen molar-refractivity contribution in [1.29, 1.82) is 0 Å². The molecule has 1 aliphatic heterocycles. The van der Waals surface area contributed by atoms with E-state index >= 15 is 0 Å². The lowest BCUT2D eigenvalue weighted by Gasteiger charge is -2.41. The minimum Gasteiger partial charge on any atom is -0.491 e. The van der Waals surface area contributed by atoms with Gasteiger partial charge in [0, 0.05) is 38.3 Å². The van der Waals surface area contributed by atoms with Gasteiger partial charge in [-0.2, -0.15) is 0 Å². The molecule has 0 amide bonds. The summed E-state index contributed by atoms with van der Waals surface area (Å²) in [5, 5.41) is 1.09. The Labute approximate surface area is 143 Å². The van der Waals surface area contributed by atoms with Crippen molar-refractivity contribution < 1.29 is 4.74 Å². The van der Waals surface area contributed by atoms with E-state index in [1.807, 2.05) is 19.1 Å². The van der Waals surface area contributed by atoms with Crippen molar-refractivity contribution in [2.75, 3.05) is 39.8 Å². The highest BCUT2D eigenvalue weighted by molar-refractivity contribution is 6.37. The Morgan fingerprint density at radius 3 is 2.45 bits per heavy atom. The number of ether oxygens (including phenoxy) is 1. The van der Waals surface area contributed by atoms with E-state index in [2.05, 4.69) is 23.8 Å². The molecule has 124 valence electrons. The Hall–Kier alpha value is -0.520. The number of hydrogen-bond acceptors (Lipinski definition) is 4. The van der Waals surface area contributed by atoms with E-state index < -0.39 is 0 Å². The molecule has 1 aromatic carbocycles. The number of nitrogens with zero attached hydrogens (tertiary/aromatic N) is 2. The van der Waals surface area contributed by atoms with Crippen LogP contribution in [0.3, 0.4) is 0 Å². The fourth-order valence-electron chi connectivity index (χ4n) is 2.91. The molecule has 1 aliphatic rings. The van der Waals surface area contributed by atoms with Crippen molar-refractivity contribution in [3.8, 4) is 5.75 Å². The molecule has 1 fully saturated rings. The van der Waals surface area contributed by atoms with Gasteiger partial charge >= 0.3 is 0 Å². The third-order valence-corrected chi connectivity index (χ3v) is 4.91. The van der Waals surface area contributed by atoms with Crippen LogP contribution in [0.25, 0.3) is 0 Å². The Morgan fingerprint density at radius 1 is 1.32 bits per heavy atom. The SMILES string of the molecule is CCOc1c(Cl)cc(C(CN)N2CCN(C)C(C)C2)cc1Cl. The molecule has 1 saturated heterocycles. The summed E-state index contributed by atoms with van der Waals surface area (Å²) < 4.78 is 5.50. The summed E-state index contributed by atoms with van der Waals surface area (Å²) in [7, 11) is 2.16. The maximum atomic E-state index is 6.33. The van der Waals surface area contributed by atoms with Crippen LogP contribution in [0.2, 0.25) is 10.0 Å². The standard InChI is InChI=1S/C16H25Cl2N3O/c1-4-22-16-13(17)7-12(8-14(16)18)15(9-19)21-6-5-20(3)11(2)10-21/h7-8,11,15H,4-6,9-10,19H2,1-3H3. The lowest BCUT2D eigenvalue weighted by molar-refractivity contribution is 0.0741. The van der Waals surface area contributed by atoms with Crippen LogP contribution in [0, 0.1) is 0 Å². The maximum absolute atomic E-state index is 6.33. The van der Waals surface area contributed by atoms with Crippen LogP contribution >= 0.6 is 23.2 Å². The van der Waals surface area contributed by atoms with Gasteiger partial charge in [0.05, 0.1) is 16.7 Å². The molecule has 0 aromatic heterocycles. The Morgan fingerprint density at radius 2 is 1.95 bits per heavy atom. The Balaban J connectivity index is 2.24. The number of likely N-dealkylation sites (N-methyl/N-ethyl adjacent to an activating group) is 1. The molecule has 1 heterocycles. The first-order valence-electron chi connectivity index (χ1n) is 7.74. The van der Waals surface area contributed by atoms with Gasteiger partial charge in [-0.25, -0.2) is 0 Å². The predicted molar refractivity (Wildman–Crippen MR) is 93.1 cm³/mol. The lowest BCUT2D eigenvalue weighted by Crippen LogP contribution is -2.52. The first kappa shape index (κ1) is 17.8. The number of hydrogen-bond donors (Lipinski definition) is 1. The van der Waals surface area contributed by atoms with Crippen molar-refractivity contribution in [1.82, 2.24) is 9.80 Å². The molecule has 0 spiro atoms. The van der Waals surface area contributed by atoms with Crippen molar-refractivity contribution in [2.45, 2.75) is 25.9 Å². The van der Waals surface area contributed by atoms with E-state index in [-0.39, 0.29) is 6.04 Å². The molecule has 0 aliphatic carbocycles. The summed E-state index contributed by atoms with van der Waals surface area (Å²) in [6.45, 7) is 8.24. The van der Waals surface area contributed by atoms with E-state index in [9.17, 15) is 0 Å². The highest BCUT2D eigenvalue weighted by Crippen LogP contribution is 2.37. The average molecular weight is 346 g/mol. The first-order valence-corrected chi connectivity index (χ1v) is 8.49. The normalized spacial score (nSPS) is 21.8. The molecule has 0 radical (unpaired) electrons. The predicted octanol–water partition coefficient (Wildman–Crippen LogP) is 3.03. The zero-order valence-electron chi connectivity index (χ0n) is 13.5. The van der Waals surface area contributed by atoms with Crippen LogP contribution in [0.5, 0.6) is 5.75 Å². The van der Waals surface area contributed by atoms with Gasteiger partial charge in [-0.15, -0.1) is 0 Å². The molecular weight excluding hydrogens is 321 g/mol. The molecule has 2 atom stereocenters. The fourth-order valence-corrected chi connectivity index (χ4v) is 3.52. The summed E-state index contributed by atoms with van der Waals surface area (Å²) in [4.78, 5) is 4.77. The first-order chi connectivity index (χ1) is 10.5. The molecule has 6 heteroatoms. The quantitative estimate of drug-likeness (QED) is 0.890. The van der Waals surface area contributed by atoms with Gasteiger partial charge in [-0.3, -0.25) is 4.90 Å². The summed E-state index contributed by atoms with van der Waals surface area (Å²) >= 11 is 12.7. The molecule has 4 nitrogen and oxygen atoms in total. The number of nitrogens with two attached hydrogens (primary N) is 1. The van der Waals surface area contributed by atoms with Gasteiger partial charge in [0.15, 0.2) is 5.75 Å². The van der Waals surface area contributed by atoms with E-state index in [4.69, 9.17) is 33.7 Å². The van der Waals surface area contributed by atoms with E-state index in [0.717, 1.165) is 25.2 Å². The molecule has 0 saturated carbocycles. The topological polar surface area (TPSA) is 41.7 Å². The van der Waals surface area contributed by atoms with E-state index in [1.54, 1.807) is 0 Å². The van der Waals surface area contributed by atoms with Crippen LogP contribution in [0.1, 0.15) is 25.5 Å². The second-order valence-corrected chi connectivity index (χ2v) is 6.64.